The van der Waals surface area contributed by atoms with E-state index >= 15 is 0 Å². The molecule has 0 heterocycles. The molecule has 1 aromatic rings. The van der Waals surface area contributed by atoms with Crippen LogP contribution in [0.3, 0.4) is 0 Å². The number of aliphatic hydroxyl groups is 1. The van der Waals surface area contributed by atoms with Crippen molar-refractivity contribution in [2.24, 2.45) is 5.73 Å². The first-order valence-electron chi connectivity index (χ1n) is 5.35. The molecule has 0 spiro atoms. The molecule has 1 aromatic carbocycles. The van der Waals surface area contributed by atoms with Crippen LogP contribution in [0.25, 0.3) is 0 Å². The van der Waals surface area contributed by atoms with E-state index in [0.29, 0.717) is 0 Å². The lowest BCUT2D eigenvalue weighted by Crippen LogP contribution is -2.50. The number of benzene rings is 1. The Kier molecular flexibility index (Phi) is 4.16. The predicted octanol–water partition coefficient (Wildman–Crippen LogP) is 2.48. The Morgan fingerprint density at radius 3 is 2.12 bits per heavy atom. The van der Waals surface area contributed by atoms with E-state index in [1.165, 1.54) is 12.1 Å². The molecule has 0 radical (unpaired) electrons. The lowest BCUT2D eigenvalue weighted by Gasteiger charge is -2.32. The molecule has 3 N–H and O–H groups in total. The Morgan fingerprint density at radius 1 is 1.18 bits per heavy atom. The molecule has 0 amide bonds. The second kappa shape index (κ2) is 5.06. The van der Waals surface area contributed by atoms with Crippen LogP contribution in [0.2, 0.25) is 0 Å². The number of alkyl halides is 3. The van der Waals surface area contributed by atoms with Crippen LogP contribution in [0.1, 0.15) is 24.0 Å². The summed E-state index contributed by atoms with van der Waals surface area (Å²) >= 11 is 0. The maximum atomic E-state index is 13.0. The Hall–Kier alpha value is -1.07. The van der Waals surface area contributed by atoms with Gasteiger partial charge < -0.3 is 10.8 Å². The first-order chi connectivity index (χ1) is 7.81. The molecule has 1 rings (SSSR count). The quantitative estimate of drug-likeness (QED) is 0.858. The van der Waals surface area contributed by atoms with E-state index in [2.05, 4.69) is 0 Å². The SMILES string of the molecule is Cc1ccc([C@](N)(CCCO)C(F)(F)F)cc1. The Labute approximate surface area is 98.3 Å². The number of hydrogen-bond acceptors (Lipinski definition) is 2. The molecule has 0 fully saturated rings. The normalized spacial score (nSPS) is 15.6. The molecule has 0 saturated carbocycles. The van der Waals surface area contributed by atoms with Gasteiger partial charge in [-0.2, -0.15) is 13.2 Å². The van der Waals surface area contributed by atoms with E-state index < -0.39 is 11.7 Å². The number of halogens is 3. The first kappa shape index (κ1) is 14.0. The summed E-state index contributed by atoms with van der Waals surface area (Å²) < 4.78 is 39.0. The third-order valence-corrected chi connectivity index (χ3v) is 2.80. The minimum atomic E-state index is -4.53. The number of hydrogen-bond donors (Lipinski definition) is 2. The van der Waals surface area contributed by atoms with Crippen LogP contribution in [-0.4, -0.2) is 17.9 Å². The van der Waals surface area contributed by atoms with Gasteiger partial charge in [-0.3, -0.25) is 0 Å². The summed E-state index contributed by atoms with van der Waals surface area (Å²) in [5.74, 6) is 0. The topological polar surface area (TPSA) is 46.2 Å². The zero-order valence-electron chi connectivity index (χ0n) is 9.59. The van der Waals surface area contributed by atoms with Crippen molar-refractivity contribution in [2.45, 2.75) is 31.5 Å². The highest BCUT2D eigenvalue weighted by Gasteiger charge is 2.52. The second-order valence-corrected chi connectivity index (χ2v) is 4.16. The molecule has 2 nitrogen and oxygen atoms in total. The van der Waals surface area contributed by atoms with E-state index in [0.717, 1.165) is 5.56 Å². The first-order valence-corrected chi connectivity index (χ1v) is 5.35. The summed E-state index contributed by atoms with van der Waals surface area (Å²) in [7, 11) is 0. The molecule has 5 heteroatoms. The van der Waals surface area contributed by atoms with Crippen LogP contribution in [0.4, 0.5) is 13.2 Å². The van der Waals surface area contributed by atoms with Crippen molar-refractivity contribution in [1.29, 1.82) is 0 Å². The third-order valence-electron chi connectivity index (χ3n) is 2.80. The highest BCUT2D eigenvalue weighted by atomic mass is 19.4. The average molecular weight is 247 g/mol. The largest absolute Gasteiger partial charge is 0.410 e. The van der Waals surface area contributed by atoms with Gasteiger partial charge in [0.05, 0.1) is 0 Å². The van der Waals surface area contributed by atoms with Crippen molar-refractivity contribution in [3.8, 4) is 0 Å². The second-order valence-electron chi connectivity index (χ2n) is 4.16. The molecule has 0 saturated heterocycles. The lowest BCUT2D eigenvalue weighted by atomic mass is 9.85. The van der Waals surface area contributed by atoms with Gasteiger partial charge in [-0.05, 0) is 25.3 Å². The molecule has 1 atom stereocenters. The van der Waals surface area contributed by atoms with Gasteiger partial charge in [-0.15, -0.1) is 0 Å². The molecular formula is C12H16F3NO. The van der Waals surface area contributed by atoms with Gasteiger partial charge >= 0.3 is 6.18 Å². The van der Waals surface area contributed by atoms with Gasteiger partial charge in [0.15, 0.2) is 0 Å². The van der Waals surface area contributed by atoms with Crippen LogP contribution in [0.5, 0.6) is 0 Å². The Bertz CT molecular complexity index is 361. The third kappa shape index (κ3) is 2.98. The van der Waals surface area contributed by atoms with E-state index in [9.17, 15) is 13.2 Å². The van der Waals surface area contributed by atoms with Gasteiger partial charge in [0.2, 0.25) is 0 Å². The molecule has 17 heavy (non-hydrogen) atoms. The molecule has 0 unspecified atom stereocenters. The molecule has 0 bridgehead atoms. The van der Waals surface area contributed by atoms with E-state index in [4.69, 9.17) is 10.8 Å². The number of aliphatic hydroxyl groups excluding tert-OH is 1. The molecule has 0 aromatic heterocycles. The van der Waals surface area contributed by atoms with Gasteiger partial charge in [-0.25, -0.2) is 0 Å². The van der Waals surface area contributed by atoms with E-state index in [1.807, 2.05) is 0 Å². The number of nitrogens with two attached hydrogens (primary N) is 1. The summed E-state index contributed by atoms with van der Waals surface area (Å²) in [5.41, 5.74) is 4.02. The zero-order chi connectivity index (χ0) is 13.1. The van der Waals surface area contributed by atoms with Crippen molar-refractivity contribution < 1.29 is 18.3 Å². The fraction of sp³-hybridized carbons (Fsp3) is 0.500. The van der Waals surface area contributed by atoms with Gasteiger partial charge in [0.25, 0.3) is 0 Å². The summed E-state index contributed by atoms with van der Waals surface area (Å²) in [5, 5.41) is 8.66. The highest BCUT2D eigenvalue weighted by molar-refractivity contribution is 5.29. The lowest BCUT2D eigenvalue weighted by molar-refractivity contribution is -0.192. The average Bonchev–Trinajstić information content (AvgIpc) is 2.25. The number of aryl methyl sites for hydroxylation is 1. The Morgan fingerprint density at radius 2 is 1.71 bits per heavy atom. The summed E-state index contributed by atoms with van der Waals surface area (Å²) in [6.45, 7) is 1.49. The van der Waals surface area contributed by atoms with Gasteiger partial charge in [0, 0.05) is 6.61 Å². The fourth-order valence-corrected chi connectivity index (χ4v) is 1.66. The van der Waals surface area contributed by atoms with Crippen LogP contribution >= 0.6 is 0 Å². The predicted molar refractivity (Wildman–Crippen MR) is 59.4 cm³/mol. The molecule has 0 aliphatic rings. The van der Waals surface area contributed by atoms with E-state index in [-0.39, 0.29) is 25.0 Å². The van der Waals surface area contributed by atoms with Gasteiger partial charge in [0.1, 0.15) is 5.54 Å². The molecule has 96 valence electrons. The minimum absolute atomic E-state index is 0.0177. The maximum Gasteiger partial charge on any atom is 0.410 e. The summed E-state index contributed by atoms with van der Waals surface area (Å²) in [4.78, 5) is 0. The summed E-state index contributed by atoms with van der Waals surface area (Å²) in [6.07, 6.45) is -4.84. The smallest absolute Gasteiger partial charge is 0.396 e. The minimum Gasteiger partial charge on any atom is -0.396 e. The molecule has 0 aliphatic carbocycles. The maximum absolute atomic E-state index is 13.0. The van der Waals surface area contributed by atoms with Crippen molar-refractivity contribution >= 4 is 0 Å². The Balaban J connectivity index is 3.10. The van der Waals surface area contributed by atoms with Crippen LogP contribution in [-0.2, 0) is 5.54 Å². The standard InChI is InChI=1S/C12H16F3NO/c1-9-3-5-10(6-4-9)11(16,7-2-8-17)12(13,14)15/h3-6,17H,2,7-8,16H2,1H3/t11-/m1/s1. The van der Waals surface area contributed by atoms with Crippen molar-refractivity contribution in [1.82, 2.24) is 0 Å². The molecular weight excluding hydrogens is 231 g/mol. The van der Waals surface area contributed by atoms with Crippen molar-refractivity contribution in [3.05, 3.63) is 35.4 Å². The highest BCUT2D eigenvalue weighted by Crippen LogP contribution is 2.40. The van der Waals surface area contributed by atoms with Gasteiger partial charge in [-0.1, -0.05) is 29.8 Å². The number of rotatable bonds is 4. The van der Waals surface area contributed by atoms with E-state index in [1.54, 1.807) is 19.1 Å². The van der Waals surface area contributed by atoms with Crippen LogP contribution in [0, 0.1) is 6.92 Å². The summed E-state index contributed by atoms with van der Waals surface area (Å²) in [6, 6.07) is 5.98. The van der Waals surface area contributed by atoms with Crippen molar-refractivity contribution in [3.63, 3.8) is 0 Å². The monoisotopic (exact) mass is 247 g/mol. The zero-order valence-corrected chi connectivity index (χ0v) is 9.59. The van der Waals surface area contributed by atoms with Crippen molar-refractivity contribution in [2.75, 3.05) is 6.61 Å². The van der Waals surface area contributed by atoms with Crippen LogP contribution in [0.15, 0.2) is 24.3 Å². The fourth-order valence-electron chi connectivity index (χ4n) is 1.66. The van der Waals surface area contributed by atoms with Crippen LogP contribution < -0.4 is 5.73 Å². The molecule has 0 aliphatic heterocycles.